The van der Waals surface area contributed by atoms with Crippen LogP contribution in [0.1, 0.15) is 29.5 Å². The van der Waals surface area contributed by atoms with Crippen molar-refractivity contribution in [2.45, 2.75) is 20.3 Å². The molecule has 3 N–H and O–H groups in total. The van der Waals surface area contributed by atoms with Gasteiger partial charge in [-0.1, -0.05) is 6.92 Å². The molecule has 0 bridgehead atoms. The molecule has 0 saturated carbocycles. The number of nitrogens with one attached hydrogen (secondary N) is 3. The number of halogens is 1. The number of aromatic nitrogens is 4. The highest BCUT2D eigenvalue weighted by molar-refractivity contribution is 5.99. The number of carbonyl (C=O) groups excluding carboxylic acids is 1. The quantitative estimate of drug-likeness (QED) is 0.592. The summed E-state index contributed by atoms with van der Waals surface area (Å²) in [7, 11) is 0. The number of anilines is 4. The summed E-state index contributed by atoms with van der Waals surface area (Å²) >= 11 is 0. The molecule has 0 unspecified atom stereocenters. The number of rotatable bonds is 6. The number of aromatic amines is 1. The van der Waals surface area contributed by atoms with E-state index in [2.05, 4.69) is 30.8 Å². The monoisotopic (exact) mass is 340 g/mol. The van der Waals surface area contributed by atoms with Crippen LogP contribution in [-0.2, 0) is 0 Å². The fourth-order valence-electron chi connectivity index (χ4n) is 2.19. The lowest BCUT2D eigenvalue weighted by Gasteiger charge is -2.11. The molecule has 25 heavy (non-hydrogen) atoms. The van der Waals surface area contributed by atoms with Gasteiger partial charge in [-0.15, -0.1) is 0 Å². The van der Waals surface area contributed by atoms with Gasteiger partial charge in [-0.25, -0.2) is 14.4 Å². The second-order valence-corrected chi connectivity index (χ2v) is 5.42. The second-order valence-electron chi connectivity index (χ2n) is 5.42. The van der Waals surface area contributed by atoms with Gasteiger partial charge < -0.3 is 10.6 Å². The zero-order chi connectivity index (χ0) is 17.8. The Hall–Kier alpha value is -3.29. The number of Topliss-reactive ketones (excluding diaryl/α,β-unsaturated/α-hetero) is 1. The molecule has 1 aromatic carbocycles. The van der Waals surface area contributed by atoms with E-state index in [9.17, 15) is 9.18 Å². The number of hydrogen-bond acceptors (Lipinski definition) is 6. The first-order chi connectivity index (χ1) is 12.0. The summed E-state index contributed by atoms with van der Waals surface area (Å²) in [5.41, 5.74) is 1.74. The van der Waals surface area contributed by atoms with Crippen molar-refractivity contribution in [2.24, 2.45) is 0 Å². The topological polar surface area (TPSA) is 95.6 Å². The molecule has 0 atom stereocenters. The minimum absolute atomic E-state index is 0.140. The van der Waals surface area contributed by atoms with Gasteiger partial charge in [-0.2, -0.15) is 5.10 Å². The average Bonchev–Trinajstić information content (AvgIpc) is 3.01. The maximum atomic E-state index is 13.1. The molecule has 0 fully saturated rings. The molecule has 2 aromatic heterocycles. The lowest BCUT2D eigenvalue weighted by atomic mass is 10.2. The number of H-pyrrole nitrogens is 1. The molecule has 0 radical (unpaired) electrons. The van der Waals surface area contributed by atoms with E-state index in [1.165, 1.54) is 18.3 Å². The molecular formula is C17H17FN6O. The Kier molecular flexibility index (Phi) is 4.69. The van der Waals surface area contributed by atoms with Crippen molar-refractivity contribution in [1.29, 1.82) is 0 Å². The van der Waals surface area contributed by atoms with Gasteiger partial charge in [0.25, 0.3) is 0 Å². The number of ketones is 1. The molecular weight excluding hydrogens is 323 g/mol. The first kappa shape index (κ1) is 16.6. The van der Waals surface area contributed by atoms with Gasteiger partial charge in [-0.05, 0) is 31.2 Å². The normalized spacial score (nSPS) is 10.5. The maximum Gasteiger partial charge on any atom is 0.184 e. The minimum Gasteiger partial charge on any atom is -0.338 e. The Bertz CT molecular complexity index is 890. The van der Waals surface area contributed by atoms with Crippen LogP contribution in [0, 0.1) is 12.7 Å². The van der Waals surface area contributed by atoms with Crippen LogP contribution < -0.4 is 10.6 Å². The van der Waals surface area contributed by atoms with Gasteiger partial charge >= 0.3 is 0 Å². The molecule has 0 aliphatic heterocycles. The maximum absolute atomic E-state index is 13.1. The Morgan fingerprint density at radius 1 is 1.20 bits per heavy atom. The summed E-state index contributed by atoms with van der Waals surface area (Å²) < 4.78 is 13.1. The van der Waals surface area contributed by atoms with Crippen molar-refractivity contribution >= 4 is 28.9 Å². The summed E-state index contributed by atoms with van der Waals surface area (Å²) in [6, 6.07) is 7.60. The Morgan fingerprint density at radius 3 is 2.60 bits per heavy atom. The van der Waals surface area contributed by atoms with Crippen molar-refractivity contribution in [3.63, 3.8) is 0 Å². The molecule has 128 valence electrons. The van der Waals surface area contributed by atoms with E-state index in [0.717, 1.165) is 5.69 Å². The van der Waals surface area contributed by atoms with Crippen molar-refractivity contribution in [3.8, 4) is 0 Å². The molecule has 8 heteroatoms. The van der Waals surface area contributed by atoms with E-state index in [-0.39, 0.29) is 17.3 Å². The predicted octanol–water partition coefficient (Wildman–Crippen LogP) is 3.73. The van der Waals surface area contributed by atoms with Gasteiger partial charge in [0.1, 0.15) is 11.5 Å². The first-order valence-corrected chi connectivity index (χ1v) is 7.77. The highest BCUT2D eigenvalue weighted by Crippen LogP contribution is 2.22. The third kappa shape index (κ3) is 3.97. The number of benzene rings is 1. The number of hydrogen-bond donors (Lipinski definition) is 3. The van der Waals surface area contributed by atoms with E-state index < -0.39 is 0 Å². The van der Waals surface area contributed by atoms with Crippen molar-refractivity contribution in [2.75, 3.05) is 10.6 Å². The van der Waals surface area contributed by atoms with Gasteiger partial charge in [0.15, 0.2) is 23.2 Å². The Morgan fingerprint density at radius 2 is 1.96 bits per heavy atom. The van der Waals surface area contributed by atoms with Crippen molar-refractivity contribution < 1.29 is 9.18 Å². The SMILES string of the molecule is CCC(=O)c1ncc(Nc2cc(C)[nH]n2)nc1Nc1ccc(F)cc1. The largest absolute Gasteiger partial charge is 0.338 e. The third-order valence-electron chi connectivity index (χ3n) is 3.43. The number of aryl methyl sites for hydroxylation is 1. The standard InChI is InChI=1S/C17H17FN6O/c1-3-13(25)16-17(20-12-6-4-11(18)5-7-12)22-15(9-19-16)21-14-8-10(2)23-24-14/h4-9H,3H2,1-2H3,(H3,20,21,22,23,24). The Balaban J connectivity index is 1.92. The van der Waals surface area contributed by atoms with E-state index in [0.29, 0.717) is 29.6 Å². The predicted molar refractivity (Wildman–Crippen MR) is 92.9 cm³/mol. The van der Waals surface area contributed by atoms with Crippen LogP contribution in [0.15, 0.2) is 36.5 Å². The molecule has 3 rings (SSSR count). The van der Waals surface area contributed by atoms with Gasteiger partial charge in [0.2, 0.25) is 0 Å². The zero-order valence-corrected chi connectivity index (χ0v) is 13.8. The van der Waals surface area contributed by atoms with Crippen molar-refractivity contribution in [1.82, 2.24) is 20.2 Å². The fourth-order valence-corrected chi connectivity index (χ4v) is 2.19. The summed E-state index contributed by atoms with van der Waals surface area (Å²) in [6.45, 7) is 3.64. The molecule has 0 aliphatic carbocycles. The lowest BCUT2D eigenvalue weighted by molar-refractivity contribution is 0.0984. The molecule has 0 spiro atoms. The Labute approximate surface area is 143 Å². The highest BCUT2D eigenvalue weighted by atomic mass is 19.1. The van der Waals surface area contributed by atoms with E-state index in [1.54, 1.807) is 19.1 Å². The molecule has 0 saturated heterocycles. The molecule has 2 heterocycles. The van der Waals surface area contributed by atoms with Crippen molar-refractivity contribution in [3.05, 3.63) is 53.7 Å². The molecule has 7 nitrogen and oxygen atoms in total. The summed E-state index contributed by atoms with van der Waals surface area (Å²) in [5.74, 6) is 0.846. The smallest absolute Gasteiger partial charge is 0.184 e. The average molecular weight is 340 g/mol. The third-order valence-corrected chi connectivity index (χ3v) is 3.43. The summed E-state index contributed by atoms with van der Waals surface area (Å²) in [5, 5.41) is 12.9. The number of nitrogens with zero attached hydrogens (tertiary/aromatic N) is 3. The fraction of sp³-hybridized carbons (Fsp3) is 0.176. The molecule has 0 amide bonds. The van der Waals surface area contributed by atoms with E-state index >= 15 is 0 Å². The van der Waals surface area contributed by atoms with Gasteiger partial charge in [0, 0.05) is 23.9 Å². The van der Waals surface area contributed by atoms with Gasteiger partial charge in [-0.3, -0.25) is 9.89 Å². The van der Waals surface area contributed by atoms with E-state index in [4.69, 9.17) is 0 Å². The van der Waals surface area contributed by atoms with Crippen LogP contribution in [-0.4, -0.2) is 25.9 Å². The second kappa shape index (κ2) is 7.08. The van der Waals surface area contributed by atoms with Crippen LogP contribution in [0.5, 0.6) is 0 Å². The zero-order valence-electron chi connectivity index (χ0n) is 13.8. The van der Waals surface area contributed by atoms with Crippen LogP contribution in [0.4, 0.5) is 27.5 Å². The summed E-state index contributed by atoms with van der Waals surface area (Å²) in [6.07, 6.45) is 1.78. The summed E-state index contributed by atoms with van der Waals surface area (Å²) in [4.78, 5) is 20.7. The van der Waals surface area contributed by atoms with Gasteiger partial charge in [0.05, 0.1) is 6.20 Å². The van der Waals surface area contributed by atoms with Crippen LogP contribution >= 0.6 is 0 Å². The minimum atomic E-state index is -0.342. The van der Waals surface area contributed by atoms with E-state index in [1.807, 2.05) is 13.0 Å². The number of carbonyl (C=O) groups is 1. The van der Waals surface area contributed by atoms with Crippen LogP contribution in [0.2, 0.25) is 0 Å². The molecule has 3 aromatic rings. The highest BCUT2D eigenvalue weighted by Gasteiger charge is 2.15. The van der Waals surface area contributed by atoms with Crippen LogP contribution in [0.25, 0.3) is 0 Å². The first-order valence-electron chi connectivity index (χ1n) is 7.77. The van der Waals surface area contributed by atoms with Crippen LogP contribution in [0.3, 0.4) is 0 Å². The lowest BCUT2D eigenvalue weighted by Crippen LogP contribution is -2.09. The molecule has 0 aliphatic rings.